The van der Waals surface area contributed by atoms with Crippen LogP contribution in [0.1, 0.15) is 328 Å². The first-order chi connectivity index (χ1) is 45.1. The number of esters is 2. The number of rotatable bonds is 70. The van der Waals surface area contributed by atoms with Gasteiger partial charge in [0.05, 0.1) is 40.3 Å². The van der Waals surface area contributed by atoms with E-state index in [2.05, 4.69) is 135 Å². The van der Waals surface area contributed by atoms with Crippen molar-refractivity contribution in [3.63, 3.8) is 0 Å². The van der Waals surface area contributed by atoms with E-state index >= 15 is 0 Å². The fraction of sp³-hybridized carbons (Fsp3) is 0.723. The van der Waals surface area contributed by atoms with Crippen LogP contribution in [0.15, 0.2) is 122 Å². The third-order valence-electron chi connectivity index (χ3n) is 16.5. The minimum atomic E-state index is -1.63. The quantitative estimate of drug-likeness (QED) is 0.0195. The Kier molecular flexibility index (Phi) is 69.1. The van der Waals surface area contributed by atoms with Crippen LogP contribution in [0.4, 0.5) is 0 Å². The van der Waals surface area contributed by atoms with Gasteiger partial charge in [-0.2, -0.15) is 0 Å². The third-order valence-corrected chi connectivity index (χ3v) is 16.5. The highest BCUT2D eigenvalue weighted by molar-refractivity contribution is 5.70. The van der Waals surface area contributed by atoms with Gasteiger partial charge in [0.2, 0.25) is 0 Å². The highest BCUT2D eigenvalue weighted by atomic mass is 16.7. The fourth-order valence-corrected chi connectivity index (χ4v) is 10.7. The van der Waals surface area contributed by atoms with E-state index in [-0.39, 0.29) is 38.6 Å². The van der Waals surface area contributed by atoms with Crippen molar-refractivity contribution < 1.29 is 42.9 Å². The van der Waals surface area contributed by atoms with E-state index in [0.717, 1.165) is 122 Å². The van der Waals surface area contributed by atoms with Gasteiger partial charge < -0.3 is 33.3 Å². The first-order valence-corrected chi connectivity index (χ1v) is 38.2. The lowest BCUT2D eigenvalue weighted by molar-refractivity contribution is -0.870. The lowest BCUT2D eigenvalue weighted by Crippen LogP contribution is -2.44. The zero-order valence-electron chi connectivity index (χ0n) is 60.4. The molecule has 2 unspecified atom stereocenters. The van der Waals surface area contributed by atoms with E-state index in [9.17, 15) is 19.5 Å². The van der Waals surface area contributed by atoms with Crippen LogP contribution in [0, 0.1) is 0 Å². The van der Waals surface area contributed by atoms with Crippen molar-refractivity contribution in [1.82, 2.24) is 0 Å². The normalized spacial score (nSPS) is 13.4. The molecule has 528 valence electrons. The van der Waals surface area contributed by atoms with Crippen LogP contribution in [0.2, 0.25) is 0 Å². The van der Waals surface area contributed by atoms with Crippen LogP contribution >= 0.6 is 0 Å². The molecule has 0 amide bonds. The van der Waals surface area contributed by atoms with Gasteiger partial charge in [-0.05, 0) is 89.9 Å². The lowest BCUT2D eigenvalue weighted by Gasteiger charge is -2.26. The van der Waals surface area contributed by atoms with Gasteiger partial charge in [0.15, 0.2) is 12.4 Å². The second-order valence-electron chi connectivity index (χ2n) is 26.6. The minimum Gasteiger partial charge on any atom is -0.545 e. The standard InChI is InChI=1S/C83H143NO8/c1-6-8-10-12-14-16-18-20-22-24-26-28-30-32-34-36-38-39-40-41-42-43-44-46-48-50-52-54-56-58-60-62-64-66-68-70-72-74-81(86)92-79(78-91-83(82(87)88)89-76-75-84(3,4)5)77-90-80(85)73-71-69-67-65-63-61-59-57-55-53-51-49-47-45-37-35-33-31-29-27-25-23-21-19-17-15-13-11-9-7-2/h8,10,14,16,20,22,26,28,32,34,38-39,41-42,44,46,50,52,56,58,79,83H,6-7,9,11-13,15,17-19,21,23-25,27,29-31,33,35-37,40,43,45,47-49,51,53-55,57,59-78H2,1-5H3/b10-8-,16-14-,22-20-,28-26-,34-32-,39-38-,42-41-,46-44-,52-50-,58-56-. The largest absolute Gasteiger partial charge is 0.545 e. The maximum Gasteiger partial charge on any atom is 0.306 e. The molecule has 9 nitrogen and oxygen atoms in total. The number of aliphatic carboxylic acids is 1. The zero-order valence-corrected chi connectivity index (χ0v) is 60.4. The molecule has 0 heterocycles. The van der Waals surface area contributed by atoms with Crippen LogP contribution in [-0.2, 0) is 33.3 Å². The Morgan fingerprint density at radius 2 is 0.620 bits per heavy atom. The van der Waals surface area contributed by atoms with Gasteiger partial charge in [-0.25, -0.2) is 0 Å². The molecule has 0 aliphatic carbocycles. The number of allylic oxidation sites excluding steroid dienone is 20. The number of carbonyl (C=O) groups is 3. The van der Waals surface area contributed by atoms with Crippen LogP contribution in [0.3, 0.4) is 0 Å². The number of likely N-dealkylation sites (N-methyl/N-ethyl adjacent to an activating group) is 1. The second kappa shape index (κ2) is 72.5. The summed E-state index contributed by atoms with van der Waals surface area (Å²) in [4.78, 5) is 37.6. The average molecular weight is 1280 g/mol. The van der Waals surface area contributed by atoms with E-state index in [0.29, 0.717) is 17.4 Å². The number of hydrogen-bond acceptors (Lipinski definition) is 8. The van der Waals surface area contributed by atoms with Gasteiger partial charge in [-0.15, -0.1) is 0 Å². The van der Waals surface area contributed by atoms with Crippen LogP contribution < -0.4 is 5.11 Å². The number of unbranched alkanes of at least 4 members (excludes halogenated alkanes) is 35. The van der Waals surface area contributed by atoms with E-state index in [1.807, 2.05) is 21.1 Å². The molecule has 2 atom stereocenters. The van der Waals surface area contributed by atoms with E-state index in [1.54, 1.807) is 0 Å². The van der Waals surface area contributed by atoms with Crippen molar-refractivity contribution >= 4 is 17.9 Å². The van der Waals surface area contributed by atoms with Crippen LogP contribution in [-0.4, -0.2) is 82.3 Å². The third kappa shape index (κ3) is 73.1. The Hall–Kier alpha value is -4.31. The fourth-order valence-electron chi connectivity index (χ4n) is 10.7. The second-order valence-corrected chi connectivity index (χ2v) is 26.6. The maximum absolute atomic E-state index is 13.0. The molecule has 0 N–H and O–H groups in total. The van der Waals surface area contributed by atoms with Crippen molar-refractivity contribution in [2.45, 2.75) is 341 Å². The first-order valence-electron chi connectivity index (χ1n) is 38.2. The van der Waals surface area contributed by atoms with Crippen molar-refractivity contribution in [3.05, 3.63) is 122 Å². The molecule has 0 aliphatic heterocycles. The average Bonchev–Trinajstić information content (AvgIpc) is 3.75. The van der Waals surface area contributed by atoms with Crippen molar-refractivity contribution in [3.8, 4) is 0 Å². The summed E-state index contributed by atoms with van der Waals surface area (Å²) < 4.78 is 22.8. The molecule has 0 bridgehead atoms. The summed E-state index contributed by atoms with van der Waals surface area (Å²) in [5.74, 6) is -2.30. The summed E-state index contributed by atoms with van der Waals surface area (Å²) in [6.45, 7) is 4.65. The number of carboxylic acids is 1. The molecule has 0 aromatic heterocycles. The smallest absolute Gasteiger partial charge is 0.306 e. The van der Waals surface area contributed by atoms with E-state index in [1.165, 1.54) is 173 Å². The molecule has 0 radical (unpaired) electrons. The minimum absolute atomic E-state index is 0.140. The van der Waals surface area contributed by atoms with Gasteiger partial charge in [0.25, 0.3) is 0 Å². The number of carboxylic acid groups (broad SMARTS) is 1. The predicted octanol–water partition coefficient (Wildman–Crippen LogP) is 23.0. The van der Waals surface area contributed by atoms with E-state index in [4.69, 9.17) is 18.9 Å². The van der Waals surface area contributed by atoms with Gasteiger partial charge in [0.1, 0.15) is 13.2 Å². The summed E-state index contributed by atoms with van der Waals surface area (Å²) >= 11 is 0. The molecule has 0 aromatic carbocycles. The van der Waals surface area contributed by atoms with Crippen molar-refractivity contribution in [2.75, 3.05) is 47.5 Å². The molecule has 0 aliphatic rings. The Labute approximate surface area is 567 Å². The Morgan fingerprint density at radius 1 is 0.337 bits per heavy atom. The Morgan fingerprint density at radius 3 is 0.924 bits per heavy atom. The van der Waals surface area contributed by atoms with Crippen LogP contribution in [0.5, 0.6) is 0 Å². The number of nitrogens with zero attached hydrogens (tertiary/aromatic N) is 1. The van der Waals surface area contributed by atoms with Gasteiger partial charge in [-0.1, -0.05) is 347 Å². The predicted molar refractivity (Wildman–Crippen MR) is 393 cm³/mol. The Bertz CT molecular complexity index is 1930. The molecule has 0 saturated carbocycles. The van der Waals surface area contributed by atoms with Gasteiger partial charge in [-0.3, -0.25) is 9.59 Å². The number of ether oxygens (including phenoxy) is 4. The summed E-state index contributed by atoms with van der Waals surface area (Å²) in [5, 5.41) is 11.8. The molecule has 0 saturated heterocycles. The Balaban J connectivity index is 4.14. The van der Waals surface area contributed by atoms with Crippen molar-refractivity contribution in [2.24, 2.45) is 0 Å². The molecular weight excluding hydrogens is 1140 g/mol. The summed E-state index contributed by atoms with van der Waals surface area (Å²) in [6.07, 6.45) is 100. The summed E-state index contributed by atoms with van der Waals surface area (Å²) in [6, 6.07) is 0. The lowest BCUT2D eigenvalue weighted by atomic mass is 10.0. The molecule has 0 spiro atoms. The first kappa shape index (κ1) is 87.7. The highest BCUT2D eigenvalue weighted by Crippen LogP contribution is 2.18. The molecule has 0 rings (SSSR count). The SMILES string of the molecule is CC/C=C\C/C=C\C/C=C\C/C=C\C/C=C\C/C=C\C/C=C\C/C=C\C/C=C\C/C=C\CCCCCCCCC(=O)OC(COC(=O)CCCCCCCCCCCCCCCCCCCCCCCCCCCCCCCC)COC(OCC[N+](C)(C)C)C(=O)[O-]. The highest BCUT2D eigenvalue weighted by Gasteiger charge is 2.22. The maximum atomic E-state index is 13.0. The van der Waals surface area contributed by atoms with E-state index < -0.39 is 24.3 Å². The number of quaternary nitrogens is 1. The zero-order chi connectivity index (χ0) is 66.8. The number of hydrogen-bond donors (Lipinski definition) is 0. The monoisotopic (exact) mass is 1280 g/mol. The molecule has 9 heteroatoms. The topological polar surface area (TPSA) is 111 Å². The molecule has 92 heavy (non-hydrogen) atoms. The van der Waals surface area contributed by atoms with Gasteiger partial charge >= 0.3 is 11.9 Å². The van der Waals surface area contributed by atoms with Crippen LogP contribution in [0.25, 0.3) is 0 Å². The summed E-state index contributed by atoms with van der Waals surface area (Å²) in [7, 11) is 5.93. The number of carbonyl (C=O) groups excluding carboxylic acids is 3. The van der Waals surface area contributed by atoms with Gasteiger partial charge in [0, 0.05) is 12.8 Å². The van der Waals surface area contributed by atoms with Crippen molar-refractivity contribution in [1.29, 1.82) is 0 Å². The molecule has 0 aromatic rings. The molecule has 0 fully saturated rings. The molecular formula is C83H143NO8. The summed E-state index contributed by atoms with van der Waals surface area (Å²) in [5.41, 5.74) is 0.